The normalized spacial score (nSPS) is 16.4. The molecule has 0 unspecified atom stereocenters. The fourth-order valence-corrected chi connectivity index (χ4v) is 3.75. The smallest absolute Gasteiger partial charge is 0.0412 e. The van der Waals surface area contributed by atoms with Crippen LogP contribution in [0.2, 0.25) is 5.02 Å². The molecule has 0 aliphatic carbocycles. The van der Waals surface area contributed by atoms with Crippen LogP contribution in [0.15, 0.2) is 54.9 Å². The number of hydrogen-bond acceptors (Lipinski definition) is 3. The van der Waals surface area contributed by atoms with Gasteiger partial charge >= 0.3 is 0 Å². The summed E-state index contributed by atoms with van der Waals surface area (Å²) < 4.78 is 0. The zero-order chi connectivity index (χ0) is 17.2. The van der Waals surface area contributed by atoms with Crippen LogP contribution in [0.1, 0.15) is 18.4 Å². The van der Waals surface area contributed by atoms with E-state index in [1.54, 1.807) is 0 Å². The molecule has 128 valence electrons. The van der Waals surface area contributed by atoms with Gasteiger partial charge in [0.2, 0.25) is 0 Å². The standard InChI is InChI=1S/C21H22ClN3/c22-18-3-1-2-16(11-18)21-13-24-12-17-5-4-15(10-20(17)21)14-25-8-6-19(23)7-9-25/h1-5,10-13,19H,6-9,14,23H2. The third kappa shape index (κ3) is 3.69. The van der Waals surface area contributed by atoms with Crippen molar-refractivity contribution in [1.82, 2.24) is 9.88 Å². The summed E-state index contributed by atoms with van der Waals surface area (Å²) in [4.78, 5) is 6.90. The second-order valence-corrected chi connectivity index (χ2v) is 7.30. The summed E-state index contributed by atoms with van der Waals surface area (Å²) in [7, 11) is 0. The lowest BCUT2D eigenvalue weighted by molar-refractivity contribution is 0.206. The Bertz CT molecular complexity index is 885. The minimum absolute atomic E-state index is 0.369. The van der Waals surface area contributed by atoms with Crippen molar-refractivity contribution < 1.29 is 0 Å². The number of pyridine rings is 1. The maximum absolute atomic E-state index is 6.18. The Morgan fingerprint density at radius 1 is 1.08 bits per heavy atom. The van der Waals surface area contributed by atoms with Crippen molar-refractivity contribution in [3.05, 3.63) is 65.4 Å². The maximum Gasteiger partial charge on any atom is 0.0412 e. The van der Waals surface area contributed by atoms with Crippen LogP contribution in [-0.4, -0.2) is 29.0 Å². The molecular weight excluding hydrogens is 330 g/mol. The highest BCUT2D eigenvalue weighted by Crippen LogP contribution is 2.30. The van der Waals surface area contributed by atoms with E-state index in [1.165, 1.54) is 10.9 Å². The summed E-state index contributed by atoms with van der Waals surface area (Å²) in [6.45, 7) is 3.13. The number of nitrogens with two attached hydrogens (primary N) is 1. The molecule has 0 radical (unpaired) electrons. The van der Waals surface area contributed by atoms with Crippen molar-refractivity contribution >= 4 is 22.4 Å². The molecule has 0 amide bonds. The molecule has 1 aromatic heterocycles. The Labute approximate surface area is 153 Å². The highest BCUT2D eigenvalue weighted by Gasteiger charge is 2.16. The highest BCUT2D eigenvalue weighted by atomic mass is 35.5. The molecule has 2 heterocycles. The van der Waals surface area contributed by atoms with Crippen molar-refractivity contribution in [3.63, 3.8) is 0 Å². The number of rotatable bonds is 3. The van der Waals surface area contributed by atoms with Gasteiger partial charge in [-0.05, 0) is 60.6 Å². The van der Waals surface area contributed by atoms with Crippen LogP contribution < -0.4 is 5.73 Å². The zero-order valence-electron chi connectivity index (χ0n) is 14.2. The van der Waals surface area contributed by atoms with Gasteiger partial charge in [-0.3, -0.25) is 9.88 Å². The lowest BCUT2D eigenvalue weighted by Gasteiger charge is -2.30. The van der Waals surface area contributed by atoms with Crippen LogP contribution in [0.4, 0.5) is 0 Å². The Balaban J connectivity index is 1.68. The summed E-state index contributed by atoms with van der Waals surface area (Å²) in [6, 6.07) is 15.0. The Morgan fingerprint density at radius 3 is 2.72 bits per heavy atom. The predicted octanol–water partition coefficient (Wildman–Crippen LogP) is 4.48. The molecule has 25 heavy (non-hydrogen) atoms. The van der Waals surface area contributed by atoms with Crippen molar-refractivity contribution in [1.29, 1.82) is 0 Å². The van der Waals surface area contributed by atoms with Crippen LogP contribution in [0.5, 0.6) is 0 Å². The SMILES string of the molecule is NC1CCN(Cc2ccc3cncc(-c4cccc(Cl)c4)c3c2)CC1. The number of piperidine rings is 1. The topological polar surface area (TPSA) is 42.1 Å². The van der Waals surface area contributed by atoms with Gasteiger partial charge in [0.05, 0.1) is 0 Å². The molecule has 2 aromatic carbocycles. The van der Waals surface area contributed by atoms with Crippen molar-refractivity contribution in [2.24, 2.45) is 5.73 Å². The van der Waals surface area contributed by atoms with E-state index in [-0.39, 0.29) is 0 Å². The fraction of sp³-hybridized carbons (Fsp3) is 0.286. The number of fused-ring (bicyclic) bond motifs is 1. The number of likely N-dealkylation sites (tertiary alicyclic amines) is 1. The van der Waals surface area contributed by atoms with Crippen LogP contribution in [0, 0.1) is 0 Å². The van der Waals surface area contributed by atoms with Gasteiger partial charge in [-0.2, -0.15) is 0 Å². The predicted molar refractivity (Wildman–Crippen MR) is 105 cm³/mol. The zero-order valence-corrected chi connectivity index (χ0v) is 14.9. The summed E-state index contributed by atoms with van der Waals surface area (Å²) in [5, 5.41) is 3.13. The van der Waals surface area contributed by atoms with E-state index < -0.39 is 0 Å². The summed E-state index contributed by atoms with van der Waals surface area (Å²) in [5.41, 5.74) is 9.58. The molecule has 3 nitrogen and oxygen atoms in total. The fourth-order valence-electron chi connectivity index (χ4n) is 3.56. The molecule has 0 bridgehead atoms. The van der Waals surface area contributed by atoms with Gasteiger partial charge in [0.15, 0.2) is 0 Å². The Hall–Kier alpha value is -1.94. The van der Waals surface area contributed by atoms with Gasteiger partial charge < -0.3 is 5.73 Å². The first kappa shape index (κ1) is 16.5. The molecule has 1 aliphatic rings. The molecular formula is C21H22ClN3. The molecule has 0 atom stereocenters. The number of aromatic nitrogens is 1. The summed E-state index contributed by atoms with van der Waals surface area (Å²) in [5.74, 6) is 0. The minimum Gasteiger partial charge on any atom is -0.328 e. The average molecular weight is 352 g/mol. The molecule has 3 aromatic rings. The second kappa shape index (κ2) is 7.12. The lowest BCUT2D eigenvalue weighted by Crippen LogP contribution is -2.39. The van der Waals surface area contributed by atoms with Gasteiger partial charge in [0.25, 0.3) is 0 Å². The van der Waals surface area contributed by atoms with Gasteiger partial charge in [0, 0.05) is 41.0 Å². The van der Waals surface area contributed by atoms with E-state index in [4.69, 9.17) is 17.3 Å². The quantitative estimate of drug-likeness (QED) is 0.756. The molecule has 4 heteroatoms. The first-order chi connectivity index (χ1) is 12.2. The number of halogens is 1. The number of hydrogen-bond donors (Lipinski definition) is 1. The Kier molecular flexibility index (Phi) is 4.71. The summed E-state index contributed by atoms with van der Waals surface area (Å²) in [6.07, 6.45) is 6.03. The molecule has 4 rings (SSSR count). The lowest BCUT2D eigenvalue weighted by atomic mass is 9.98. The molecule has 0 saturated carbocycles. The van der Waals surface area contributed by atoms with E-state index in [1.807, 2.05) is 30.6 Å². The highest BCUT2D eigenvalue weighted by molar-refractivity contribution is 6.30. The Morgan fingerprint density at radius 2 is 1.92 bits per heavy atom. The second-order valence-electron chi connectivity index (χ2n) is 6.87. The van der Waals surface area contributed by atoms with Gasteiger partial charge in [-0.25, -0.2) is 0 Å². The average Bonchev–Trinajstić information content (AvgIpc) is 2.63. The van der Waals surface area contributed by atoms with Crippen molar-refractivity contribution in [3.8, 4) is 11.1 Å². The monoisotopic (exact) mass is 351 g/mol. The van der Waals surface area contributed by atoms with Gasteiger partial charge in [0.1, 0.15) is 0 Å². The van der Waals surface area contributed by atoms with E-state index >= 15 is 0 Å². The molecule has 1 aliphatic heterocycles. The van der Waals surface area contributed by atoms with Gasteiger partial charge in [-0.1, -0.05) is 35.9 Å². The third-order valence-corrected chi connectivity index (χ3v) is 5.23. The van der Waals surface area contributed by atoms with Crippen molar-refractivity contribution in [2.75, 3.05) is 13.1 Å². The minimum atomic E-state index is 0.369. The molecule has 1 saturated heterocycles. The van der Waals surface area contributed by atoms with Crippen LogP contribution in [0.25, 0.3) is 21.9 Å². The first-order valence-electron chi connectivity index (χ1n) is 8.79. The van der Waals surface area contributed by atoms with Gasteiger partial charge in [-0.15, -0.1) is 0 Å². The first-order valence-corrected chi connectivity index (χ1v) is 9.17. The largest absolute Gasteiger partial charge is 0.328 e. The molecule has 0 spiro atoms. The number of nitrogens with zero attached hydrogens (tertiary/aromatic N) is 2. The van der Waals surface area contributed by atoms with Crippen LogP contribution in [-0.2, 0) is 6.54 Å². The van der Waals surface area contributed by atoms with E-state index in [9.17, 15) is 0 Å². The maximum atomic E-state index is 6.18. The van der Waals surface area contributed by atoms with E-state index in [0.29, 0.717) is 6.04 Å². The summed E-state index contributed by atoms with van der Waals surface area (Å²) >= 11 is 6.18. The molecule has 2 N–H and O–H groups in total. The van der Waals surface area contributed by atoms with Crippen LogP contribution >= 0.6 is 11.6 Å². The third-order valence-electron chi connectivity index (χ3n) is 5.00. The van der Waals surface area contributed by atoms with E-state index in [0.717, 1.165) is 54.0 Å². The molecule has 1 fully saturated rings. The van der Waals surface area contributed by atoms with E-state index in [2.05, 4.69) is 34.1 Å². The van der Waals surface area contributed by atoms with Crippen molar-refractivity contribution in [2.45, 2.75) is 25.4 Å². The number of benzene rings is 2. The van der Waals surface area contributed by atoms with Crippen LogP contribution in [0.3, 0.4) is 0 Å².